The molecule has 1 aromatic heterocycles. The molecule has 4 rings (SSSR count). The minimum absolute atomic E-state index is 0.173. The first-order chi connectivity index (χ1) is 14.0. The number of Topliss-reactive ketones (excluding diaryl/α,β-unsaturated/α-hetero) is 1. The van der Waals surface area contributed by atoms with Gasteiger partial charge >= 0.3 is 5.97 Å². The second kappa shape index (κ2) is 7.47. The fourth-order valence-electron chi connectivity index (χ4n) is 3.49. The molecule has 0 amide bonds. The number of ether oxygens (including phenoxy) is 3. The van der Waals surface area contributed by atoms with Gasteiger partial charge in [0.25, 0.3) is 0 Å². The third-order valence-corrected chi connectivity index (χ3v) is 4.90. The molecule has 6 nitrogen and oxygen atoms in total. The largest absolute Gasteiger partial charge is 0.481 e. The van der Waals surface area contributed by atoms with Gasteiger partial charge in [-0.05, 0) is 38.1 Å². The number of hydrogen-bond donors (Lipinski definition) is 0. The molecule has 0 radical (unpaired) electrons. The van der Waals surface area contributed by atoms with E-state index in [0.717, 1.165) is 16.5 Å². The lowest BCUT2D eigenvalue weighted by atomic mass is 10.1. The fraction of sp³-hybridized carbons (Fsp3) is 0.217. The van der Waals surface area contributed by atoms with E-state index in [1.807, 2.05) is 42.1 Å². The van der Waals surface area contributed by atoms with Crippen molar-refractivity contribution in [2.45, 2.75) is 13.8 Å². The summed E-state index contributed by atoms with van der Waals surface area (Å²) in [7, 11) is 1.97. The van der Waals surface area contributed by atoms with Gasteiger partial charge in [-0.3, -0.25) is 4.79 Å². The molecule has 0 atom stereocenters. The highest BCUT2D eigenvalue weighted by atomic mass is 16.6. The van der Waals surface area contributed by atoms with E-state index >= 15 is 0 Å². The number of nitrogens with zero attached hydrogens (tertiary/aromatic N) is 1. The van der Waals surface area contributed by atoms with Crippen LogP contribution in [0.15, 0.2) is 48.4 Å². The Hall–Kier alpha value is -3.54. The first-order valence-electron chi connectivity index (χ1n) is 9.40. The molecule has 0 aliphatic carbocycles. The van der Waals surface area contributed by atoms with E-state index in [0.29, 0.717) is 29.2 Å². The van der Waals surface area contributed by atoms with Gasteiger partial charge in [0.1, 0.15) is 11.5 Å². The molecule has 0 spiro atoms. The smallest absolute Gasteiger partial charge is 0.344 e. The van der Waals surface area contributed by atoms with Gasteiger partial charge in [0, 0.05) is 35.3 Å². The minimum Gasteiger partial charge on any atom is -0.481 e. The van der Waals surface area contributed by atoms with Crippen LogP contribution in [0.1, 0.15) is 28.4 Å². The summed E-state index contributed by atoms with van der Waals surface area (Å²) in [5.41, 5.74) is 3.14. The second-order valence-electron chi connectivity index (χ2n) is 6.81. The van der Waals surface area contributed by atoms with Crippen LogP contribution >= 0.6 is 0 Å². The van der Waals surface area contributed by atoms with Crippen LogP contribution in [-0.4, -0.2) is 29.5 Å². The highest BCUT2D eigenvalue weighted by molar-refractivity contribution is 6.15. The van der Waals surface area contributed by atoms with Gasteiger partial charge in [-0.2, -0.15) is 0 Å². The summed E-state index contributed by atoms with van der Waals surface area (Å²) in [6.07, 6.45) is 3.74. The van der Waals surface area contributed by atoms with Gasteiger partial charge in [-0.1, -0.05) is 18.2 Å². The van der Waals surface area contributed by atoms with Gasteiger partial charge in [0.15, 0.2) is 12.4 Å². The van der Waals surface area contributed by atoms with Gasteiger partial charge < -0.3 is 18.8 Å². The maximum absolute atomic E-state index is 12.8. The molecule has 0 bridgehead atoms. The van der Waals surface area contributed by atoms with Crippen molar-refractivity contribution in [3.8, 4) is 11.5 Å². The molecule has 0 fully saturated rings. The number of ketones is 1. The van der Waals surface area contributed by atoms with Crippen molar-refractivity contribution in [2.75, 3.05) is 13.2 Å². The lowest BCUT2D eigenvalue weighted by molar-refractivity contribution is -0.145. The molecule has 2 aromatic carbocycles. The molecule has 3 aromatic rings. The van der Waals surface area contributed by atoms with Crippen LogP contribution in [0.5, 0.6) is 11.5 Å². The van der Waals surface area contributed by atoms with E-state index < -0.39 is 5.97 Å². The molecule has 0 N–H and O–H groups in total. The molecule has 0 saturated carbocycles. The van der Waals surface area contributed by atoms with Crippen LogP contribution in [0, 0.1) is 6.92 Å². The Labute approximate surface area is 168 Å². The topological polar surface area (TPSA) is 66.8 Å². The quantitative estimate of drug-likeness (QED) is 0.485. The van der Waals surface area contributed by atoms with Crippen LogP contribution in [0.4, 0.5) is 0 Å². The number of benzene rings is 2. The standard InChI is InChI=1S/C23H21NO5/c1-4-27-21(25)13-28-19-10-9-17-22(26)20(29-23(17)14(19)2)11-15-12-24(3)18-8-6-5-7-16(15)18/h5-12H,4,13H2,1-3H3/b20-11+. The molecule has 2 heterocycles. The molecule has 1 aliphatic rings. The number of carbonyl (C=O) groups is 2. The SMILES string of the molecule is CCOC(=O)COc1ccc2c(c1C)O/C(=C/c1cn(C)c3ccccc13)C2=O. The third kappa shape index (κ3) is 3.38. The van der Waals surface area contributed by atoms with Crippen molar-refractivity contribution in [1.82, 2.24) is 4.57 Å². The van der Waals surface area contributed by atoms with Crippen molar-refractivity contribution in [3.63, 3.8) is 0 Å². The Balaban J connectivity index is 1.63. The summed E-state index contributed by atoms with van der Waals surface area (Å²) in [6.45, 7) is 3.64. The zero-order valence-corrected chi connectivity index (χ0v) is 16.5. The van der Waals surface area contributed by atoms with Crippen molar-refractivity contribution < 1.29 is 23.8 Å². The first kappa shape index (κ1) is 18.8. The predicted octanol–water partition coefficient (Wildman–Crippen LogP) is 4.04. The number of fused-ring (bicyclic) bond motifs is 2. The molecule has 6 heteroatoms. The Morgan fingerprint density at radius 3 is 2.79 bits per heavy atom. The molecule has 0 unspecified atom stereocenters. The molecular formula is C23H21NO5. The molecule has 1 aliphatic heterocycles. The predicted molar refractivity (Wildman–Crippen MR) is 109 cm³/mol. The van der Waals surface area contributed by atoms with Crippen molar-refractivity contribution in [1.29, 1.82) is 0 Å². The molecule has 29 heavy (non-hydrogen) atoms. The van der Waals surface area contributed by atoms with Crippen molar-refractivity contribution in [2.24, 2.45) is 7.05 Å². The zero-order chi connectivity index (χ0) is 20.5. The van der Waals surface area contributed by atoms with Gasteiger partial charge in [-0.25, -0.2) is 4.79 Å². The van der Waals surface area contributed by atoms with Gasteiger partial charge in [0.2, 0.25) is 5.78 Å². The number of hydrogen-bond acceptors (Lipinski definition) is 5. The number of para-hydroxylation sites is 1. The van der Waals surface area contributed by atoms with E-state index in [9.17, 15) is 9.59 Å². The normalized spacial score (nSPS) is 14.2. The Morgan fingerprint density at radius 2 is 2.00 bits per heavy atom. The molecule has 148 valence electrons. The Morgan fingerprint density at radius 1 is 1.21 bits per heavy atom. The maximum Gasteiger partial charge on any atom is 0.344 e. The lowest BCUT2D eigenvalue weighted by Gasteiger charge is -2.10. The first-order valence-corrected chi connectivity index (χ1v) is 9.40. The van der Waals surface area contributed by atoms with Gasteiger partial charge in [-0.15, -0.1) is 0 Å². The zero-order valence-electron chi connectivity index (χ0n) is 16.5. The van der Waals surface area contributed by atoms with E-state index in [1.54, 1.807) is 32.1 Å². The summed E-state index contributed by atoms with van der Waals surface area (Å²) in [4.78, 5) is 24.4. The van der Waals surface area contributed by atoms with Crippen LogP contribution in [0.25, 0.3) is 17.0 Å². The highest BCUT2D eigenvalue weighted by Crippen LogP contribution is 2.39. The number of esters is 1. The van der Waals surface area contributed by atoms with Crippen LogP contribution in [-0.2, 0) is 16.6 Å². The summed E-state index contributed by atoms with van der Waals surface area (Å²) >= 11 is 0. The highest BCUT2D eigenvalue weighted by Gasteiger charge is 2.30. The Bertz CT molecular complexity index is 1160. The monoisotopic (exact) mass is 391 g/mol. The van der Waals surface area contributed by atoms with Crippen LogP contribution < -0.4 is 9.47 Å². The van der Waals surface area contributed by atoms with E-state index in [-0.39, 0.29) is 18.1 Å². The average molecular weight is 391 g/mol. The second-order valence-corrected chi connectivity index (χ2v) is 6.81. The van der Waals surface area contributed by atoms with Crippen molar-refractivity contribution in [3.05, 3.63) is 65.0 Å². The Kier molecular flexibility index (Phi) is 4.84. The van der Waals surface area contributed by atoms with Crippen molar-refractivity contribution >= 4 is 28.7 Å². The fourth-order valence-corrected chi connectivity index (χ4v) is 3.49. The third-order valence-electron chi connectivity index (χ3n) is 4.90. The van der Waals surface area contributed by atoms with Crippen LogP contribution in [0.3, 0.4) is 0 Å². The van der Waals surface area contributed by atoms with E-state index in [2.05, 4.69) is 0 Å². The molecular weight excluding hydrogens is 370 g/mol. The average Bonchev–Trinajstić information content (AvgIpc) is 3.20. The molecule has 0 saturated heterocycles. The van der Waals surface area contributed by atoms with Crippen LogP contribution in [0.2, 0.25) is 0 Å². The number of aromatic nitrogens is 1. The maximum atomic E-state index is 12.8. The van der Waals surface area contributed by atoms with Gasteiger partial charge in [0.05, 0.1) is 12.2 Å². The summed E-state index contributed by atoms with van der Waals surface area (Å²) in [5.74, 6) is 0.592. The number of aryl methyl sites for hydroxylation is 1. The summed E-state index contributed by atoms with van der Waals surface area (Å²) < 4.78 is 18.3. The number of carbonyl (C=O) groups excluding carboxylic acids is 2. The lowest BCUT2D eigenvalue weighted by Crippen LogP contribution is -2.15. The van der Waals surface area contributed by atoms with E-state index in [1.165, 1.54) is 0 Å². The summed E-state index contributed by atoms with van der Waals surface area (Å²) in [5, 5.41) is 1.05. The number of allylic oxidation sites excluding steroid dienone is 1. The minimum atomic E-state index is -0.444. The number of rotatable bonds is 5. The van der Waals surface area contributed by atoms with E-state index in [4.69, 9.17) is 14.2 Å². The summed E-state index contributed by atoms with van der Waals surface area (Å²) in [6, 6.07) is 11.3.